The standard InChI is InChI=1S/C25H26N6O3/c32-23-12-18(25(33)29-23)11-19-14-26-31-22(27-20-4-5-20)13-21(28-24(19)31)17-3-1-2-16(10-17)15-30-6-8-34-9-7-30/h1-3,10-11,13-14,20,27H,4-9,12,15H2,(H,29,32,33). The van der Waals surface area contributed by atoms with E-state index in [-0.39, 0.29) is 18.2 Å². The van der Waals surface area contributed by atoms with E-state index in [1.54, 1.807) is 16.8 Å². The Morgan fingerprint density at radius 2 is 2.03 bits per heavy atom. The molecule has 3 fully saturated rings. The average molecular weight is 459 g/mol. The Balaban J connectivity index is 1.38. The van der Waals surface area contributed by atoms with E-state index in [1.807, 2.05) is 6.07 Å². The Labute approximate surface area is 196 Å². The highest BCUT2D eigenvalue weighted by molar-refractivity contribution is 6.15. The maximum Gasteiger partial charge on any atom is 0.254 e. The Morgan fingerprint density at radius 1 is 1.18 bits per heavy atom. The lowest BCUT2D eigenvalue weighted by Gasteiger charge is -2.26. The molecule has 0 spiro atoms. The summed E-state index contributed by atoms with van der Waals surface area (Å²) >= 11 is 0. The molecule has 0 radical (unpaired) electrons. The number of hydrogen-bond acceptors (Lipinski definition) is 7. The van der Waals surface area contributed by atoms with Gasteiger partial charge in [0.25, 0.3) is 5.91 Å². The lowest BCUT2D eigenvalue weighted by Crippen LogP contribution is -2.35. The van der Waals surface area contributed by atoms with E-state index in [4.69, 9.17) is 9.72 Å². The fourth-order valence-corrected chi connectivity index (χ4v) is 4.42. The van der Waals surface area contributed by atoms with Crippen molar-refractivity contribution in [3.63, 3.8) is 0 Å². The number of carbonyl (C=O) groups excluding carboxylic acids is 2. The average Bonchev–Trinajstić information content (AvgIpc) is 3.48. The number of amides is 2. The number of hydrogen-bond donors (Lipinski definition) is 2. The minimum Gasteiger partial charge on any atom is -0.379 e. The minimum absolute atomic E-state index is 0.0760. The Hall–Kier alpha value is -3.56. The van der Waals surface area contributed by atoms with Crippen LogP contribution >= 0.6 is 0 Å². The molecule has 2 aliphatic heterocycles. The smallest absolute Gasteiger partial charge is 0.254 e. The van der Waals surface area contributed by atoms with E-state index in [1.165, 1.54) is 5.56 Å². The molecule has 2 N–H and O–H groups in total. The van der Waals surface area contributed by atoms with Gasteiger partial charge in [-0.15, -0.1) is 0 Å². The van der Waals surface area contributed by atoms with Gasteiger partial charge in [-0.2, -0.15) is 9.61 Å². The van der Waals surface area contributed by atoms with Crippen LogP contribution in [0.4, 0.5) is 5.82 Å². The number of nitrogens with zero attached hydrogens (tertiary/aromatic N) is 4. The molecule has 3 aromatic rings. The van der Waals surface area contributed by atoms with Crippen LogP contribution in [-0.2, 0) is 20.9 Å². The van der Waals surface area contributed by atoms with E-state index >= 15 is 0 Å². The summed E-state index contributed by atoms with van der Waals surface area (Å²) in [5, 5.41) is 10.4. The fraction of sp³-hybridized carbons (Fsp3) is 0.360. The first-order chi connectivity index (χ1) is 16.6. The third-order valence-corrected chi connectivity index (χ3v) is 6.39. The van der Waals surface area contributed by atoms with Crippen LogP contribution in [0.1, 0.15) is 30.4 Å². The fourth-order valence-electron chi connectivity index (χ4n) is 4.42. The van der Waals surface area contributed by atoms with Crippen LogP contribution in [0, 0.1) is 0 Å². The second-order valence-corrected chi connectivity index (χ2v) is 9.09. The van der Waals surface area contributed by atoms with Crippen LogP contribution < -0.4 is 10.6 Å². The van der Waals surface area contributed by atoms with Crippen LogP contribution in [0.2, 0.25) is 0 Å². The molecular formula is C25H26N6O3. The molecule has 1 saturated carbocycles. The van der Waals surface area contributed by atoms with Gasteiger partial charge in [-0.3, -0.25) is 19.8 Å². The molecule has 9 nitrogen and oxygen atoms in total. The summed E-state index contributed by atoms with van der Waals surface area (Å²) < 4.78 is 7.25. The molecule has 9 heteroatoms. The molecule has 34 heavy (non-hydrogen) atoms. The zero-order chi connectivity index (χ0) is 23.1. The van der Waals surface area contributed by atoms with Gasteiger partial charge in [-0.05, 0) is 30.5 Å². The van der Waals surface area contributed by atoms with Crippen molar-refractivity contribution in [2.45, 2.75) is 31.8 Å². The summed E-state index contributed by atoms with van der Waals surface area (Å²) in [4.78, 5) is 31.0. The first-order valence-electron chi connectivity index (χ1n) is 11.7. The van der Waals surface area contributed by atoms with Gasteiger partial charge in [-0.25, -0.2) is 4.98 Å². The van der Waals surface area contributed by atoms with Gasteiger partial charge in [0.15, 0.2) is 5.65 Å². The number of ether oxygens (including phenoxy) is 1. The summed E-state index contributed by atoms with van der Waals surface area (Å²) in [7, 11) is 0. The molecule has 6 rings (SSSR count). The van der Waals surface area contributed by atoms with Crippen molar-refractivity contribution in [2.24, 2.45) is 0 Å². The molecule has 174 valence electrons. The molecule has 2 amide bonds. The number of imide groups is 1. The zero-order valence-corrected chi connectivity index (χ0v) is 18.8. The highest BCUT2D eigenvalue weighted by Crippen LogP contribution is 2.30. The third kappa shape index (κ3) is 4.32. The van der Waals surface area contributed by atoms with Crippen LogP contribution in [-0.4, -0.2) is 63.7 Å². The lowest BCUT2D eigenvalue weighted by atomic mass is 10.1. The maximum absolute atomic E-state index is 12.1. The lowest BCUT2D eigenvalue weighted by molar-refractivity contribution is -0.124. The number of aromatic nitrogens is 3. The molecule has 2 aromatic heterocycles. The number of benzene rings is 1. The normalized spacial score (nSPS) is 20.3. The Kier molecular flexibility index (Phi) is 5.35. The van der Waals surface area contributed by atoms with Crippen molar-refractivity contribution in [3.05, 3.63) is 53.2 Å². The van der Waals surface area contributed by atoms with Gasteiger partial charge in [0.2, 0.25) is 5.91 Å². The SMILES string of the molecule is O=C1CC(=Cc2cnn3c(NC4CC4)cc(-c4cccc(CN5CCOCC5)c4)nc23)C(=O)N1. The van der Waals surface area contributed by atoms with Gasteiger partial charge >= 0.3 is 0 Å². The number of carbonyl (C=O) groups is 2. The van der Waals surface area contributed by atoms with E-state index in [2.05, 4.69) is 44.9 Å². The van der Waals surface area contributed by atoms with Crippen LogP contribution in [0.3, 0.4) is 0 Å². The van der Waals surface area contributed by atoms with Crippen molar-refractivity contribution in [3.8, 4) is 11.3 Å². The monoisotopic (exact) mass is 458 g/mol. The largest absolute Gasteiger partial charge is 0.379 e. The zero-order valence-electron chi connectivity index (χ0n) is 18.8. The number of fused-ring (bicyclic) bond motifs is 1. The number of rotatable bonds is 6. The topological polar surface area (TPSA) is 101 Å². The Morgan fingerprint density at radius 3 is 2.79 bits per heavy atom. The molecule has 2 saturated heterocycles. The summed E-state index contributed by atoms with van der Waals surface area (Å²) in [6.45, 7) is 4.30. The predicted octanol–water partition coefficient (Wildman–Crippen LogP) is 2.23. The van der Waals surface area contributed by atoms with Crippen molar-refractivity contribution in [1.82, 2.24) is 24.8 Å². The van der Waals surface area contributed by atoms with Gasteiger partial charge in [0.1, 0.15) is 5.82 Å². The Bertz CT molecular complexity index is 1300. The highest BCUT2D eigenvalue weighted by Gasteiger charge is 2.26. The molecule has 0 unspecified atom stereocenters. The molecule has 4 heterocycles. The van der Waals surface area contributed by atoms with Crippen LogP contribution in [0.5, 0.6) is 0 Å². The van der Waals surface area contributed by atoms with Crippen LogP contribution in [0.25, 0.3) is 23.0 Å². The summed E-state index contributed by atoms with van der Waals surface area (Å²) in [5.74, 6) is 0.236. The number of nitrogens with one attached hydrogen (secondary N) is 2. The second-order valence-electron chi connectivity index (χ2n) is 9.09. The maximum atomic E-state index is 12.1. The van der Waals surface area contributed by atoms with Crippen molar-refractivity contribution < 1.29 is 14.3 Å². The van der Waals surface area contributed by atoms with Crippen LogP contribution in [0.15, 0.2) is 42.1 Å². The van der Waals surface area contributed by atoms with E-state index in [0.717, 1.165) is 62.8 Å². The second kappa shape index (κ2) is 8.66. The summed E-state index contributed by atoms with van der Waals surface area (Å²) in [6, 6.07) is 10.9. The van der Waals surface area contributed by atoms with Gasteiger partial charge in [0.05, 0.1) is 31.5 Å². The van der Waals surface area contributed by atoms with Crippen molar-refractivity contribution in [1.29, 1.82) is 0 Å². The van der Waals surface area contributed by atoms with Gasteiger partial charge < -0.3 is 10.1 Å². The molecular weight excluding hydrogens is 432 g/mol. The first kappa shape index (κ1) is 21.0. The molecule has 1 aliphatic carbocycles. The predicted molar refractivity (Wildman–Crippen MR) is 127 cm³/mol. The summed E-state index contributed by atoms with van der Waals surface area (Å²) in [5.41, 5.74) is 4.89. The van der Waals surface area contributed by atoms with Crippen molar-refractivity contribution in [2.75, 3.05) is 31.6 Å². The van der Waals surface area contributed by atoms with Crippen molar-refractivity contribution >= 4 is 29.4 Å². The van der Waals surface area contributed by atoms with Gasteiger partial charge in [-0.1, -0.05) is 18.2 Å². The number of morpholine rings is 1. The van der Waals surface area contributed by atoms with E-state index in [9.17, 15) is 9.59 Å². The molecule has 1 aromatic carbocycles. The third-order valence-electron chi connectivity index (χ3n) is 6.39. The van der Waals surface area contributed by atoms with E-state index < -0.39 is 0 Å². The first-order valence-corrected chi connectivity index (χ1v) is 11.7. The number of anilines is 1. The quantitative estimate of drug-likeness (QED) is 0.432. The highest BCUT2D eigenvalue weighted by atomic mass is 16.5. The minimum atomic E-state index is -0.354. The van der Waals surface area contributed by atoms with Gasteiger partial charge in [0, 0.05) is 48.4 Å². The molecule has 3 aliphatic rings. The van der Waals surface area contributed by atoms with E-state index in [0.29, 0.717) is 22.8 Å². The molecule has 0 atom stereocenters. The summed E-state index contributed by atoms with van der Waals surface area (Å²) in [6.07, 6.45) is 5.76. The molecule has 0 bridgehead atoms.